The Morgan fingerprint density at radius 2 is 1.83 bits per heavy atom. The number of halogens is 1. The van der Waals surface area contributed by atoms with E-state index in [1.165, 1.54) is 0 Å². The molecule has 2 aromatic rings. The fraction of sp³-hybridized carbons (Fsp3) is 0.300. The normalized spacial score (nSPS) is 20.3. The number of ether oxygens (including phenoxy) is 2. The number of alkyl halides is 1. The second-order valence-electron chi connectivity index (χ2n) is 5.78. The van der Waals surface area contributed by atoms with E-state index in [0.717, 1.165) is 16.7 Å². The minimum Gasteiger partial charge on any atom is -0.493 e. The summed E-state index contributed by atoms with van der Waals surface area (Å²) in [5, 5.41) is 0. The van der Waals surface area contributed by atoms with Crippen molar-refractivity contribution in [1.82, 2.24) is 0 Å². The number of rotatable bonds is 4. The van der Waals surface area contributed by atoms with Crippen LogP contribution in [0.3, 0.4) is 0 Å². The van der Waals surface area contributed by atoms with E-state index in [1.807, 2.05) is 42.5 Å². The van der Waals surface area contributed by atoms with E-state index in [0.29, 0.717) is 24.3 Å². The molecule has 0 heterocycles. The average molecular weight is 312 g/mol. The fourth-order valence-corrected chi connectivity index (χ4v) is 3.25. The lowest BCUT2D eigenvalue weighted by Crippen LogP contribution is -2.19. The van der Waals surface area contributed by atoms with Crippen molar-refractivity contribution in [1.29, 1.82) is 0 Å². The van der Waals surface area contributed by atoms with Crippen LogP contribution >= 0.6 is 0 Å². The van der Waals surface area contributed by atoms with Crippen LogP contribution in [-0.4, -0.2) is 20.4 Å². The summed E-state index contributed by atoms with van der Waals surface area (Å²) in [6, 6.07) is 14.0. The van der Waals surface area contributed by atoms with Gasteiger partial charge in [-0.25, -0.2) is 4.39 Å². The molecule has 1 aliphatic carbocycles. The van der Waals surface area contributed by atoms with Crippen LogP contribution in [0.5, 0.6) is 11.5 Å². The summed E-state index contributed by atoms with van der Waals surface area (Å²) in [5.41, 5.74) is 3.17. The lowest BCUT2D eigenvalue weighted by atomic mass is 9.81. The van der Waals surface area contributed by atoms with Crippen LogP contribution in [0.25, 0.3) is 6.08 Å². The Hall–Kier alpha value is -2.29. The first-order valence-electron chi connectivity index (χ1n) is 7.84. The maximum absolute atomic E-state index is 14.3. The van der Waals surface area contributed by atoms with E-state index in [4.69, 9.17) is 9.47 Å². The van der Waals surface area contributed by atoms with Gasteiger partial charge in [0.25, 0.3) is 0 Å². The van der Waals surface area contributed by atoms with Gasteiger partial charge >= 0.3 is 0 Å². The van der Waals surface area contributed by atoms with Crippen molar-refractivity contribution in [3.05, 3.63) is 65.2 Å². The Morgan fingerprint density at radius 3 is 2.52 bits per heavy atom. The Morgan fingerprint density at radius 1 is 1.04 bits per heavy atom. The number of methoxy groups -OCH3 is 2. The van der Waals surface area contributed by atoms with E-state index in [2.05, 4.69) is 12.2 Å². The third-order valence-corrected chi connectivity index (χ3v) is 4.34. The second kappa shape index (κ2) is 6.86. The summed E-state index contributed by atoms with van der Waals surface area (Å²) >= 11 is 0. The summed E-state index contributed by atoms with van der Waals surface area (Å²) in [4.78, 5) is 0. The molecule has 0 unspecified atom stereocenters. The quantitative estimate of drug-likeness (QED) is 0.808. The molecule has 120 valence electrons. The number of allylic oxidation sites excluding steroid dienone is 1. The third kappa shape index (κ3) is 3.24. The Labute approximate surface area is 136 Å². The van der Waals surface area contributed by atoms with Gasteiger partial charge < -0.3 is 9.47 Å². The third-order valence-electron chi connectivity index (χ3n) is 4.34. The fourth-order valence-electron chi connectivity index (χ4n) is 3.25. The maximum Gasteiger partial charge on any atom is 0.164 e. The highest BCUT2D eigenvalue weighted by molar-refractivity contribution is 5.56. The monoisotopic (exact) mass is 312 g/mol. The largest absolute Gasteiger partial charge is 0.493 e. The molecule has 2 atom stereocenters. The van der Waals surface area contributed by atoms with Gasteiger partial charge in [0.15, 0.2) is 11.5 Å². The molecule has 0 amide bonds. The summed E-state index contributed by atoms with van der Waals surface area (Å²) in [6.07, 6.45) is 4.17. The molecule has 0 aliphatic heterocycles. The molecule has 3 heteroatoms. The van der Waals surface area contributed by atoms with Crippen LogP contribution in [-0.2, 0) is 6.42 Å². The SMILES string of the molecule is COc1ccc2c(c1OC)C[C@@H](F)C[C@@H]2/C=C/c1ccccc1. The van der Waals surface area contributed by atoms with Crippen molar-refractivity contribution in [2.75, 3.05) is 14.2 Å². The van der Waals surface area contributed by atoms with Crippen LogP contribution in [0.1, 0.15) is 29.0 Å². The van der Waals surface area contributed by atoms with Crippen molar-refractivity contribution >= 4 is 6.08 Å². The van der Waals surface area contributed by atoms with Crippen molar-refractivity contribution in [2.24, 2.45) is 0 Å². The molecular weight excluding hydrogens is 291 g/mol. The van der Waals surface area contributed by atoms with Crippen LogP contribution in [0, 0.1) is 0 Å². The molecule has 2 nitrogen and oxygen atoms in total. The van der Waals surface area contributed by atoms with Gasteiger partial charge in [-0.1, -0.05) is 48.6 Å². The maximum atomic E-state index is 14.3. The molecule has 1 aliphatic rings. The molecule has 0 bridgehead atoms. The van der Waals surface area contributed by atoms with Crippen molar-refractivity contribution < 1.29 is 13.9 Å². The minimum atomic E-state index is -0.867. The first-order chi connectivity index (χ1) is 11.2. The Kier molecular flexibility index (Phi) is 4.65. The van der Waals surface area contributed by atoms with Gasteiger partial charge in [-0.2, -0.15) is 0 Å². The van der Waals surface area contributed by atoms with Crippen LogP contribution < -0.4 is 9.47 Å². The first-order valence-corrected chi connectivity index (χ1v) is 7.84. The number of fused-ring (bicyclic) bond motifs is 1. The highest BCUT2D eigenvalue weighted by Crippen LogP contribution is 2.43. The van der Waals surface area contributed by atoms with E-state index in [-0.39, 0.29) is 5.92 Å². The summed E-state index contributed by atoms with van der Waals surface area (Å²) in [6.45, 7) is 0. The minimum absolute atomic E-state index is 0.0498. The summed E-state index contributed by atoms with van der Waals surface area (Å²) in [5.74, 6) is 1.37. The molecular formula is C20H21FO2. The lowest BCUT2D eigenvalue weighted by molar-refractivity contribution is 0.281. The second-order valence-corrected chi connectivity index (χ2v) is 5.78. The zero-order valence-corrected chi connectivity index (χ0v) is 13.5. The Bertz CT molecular complexity index is 694. The van der Waals surface area contributed by atoms with Gasteiger partial charge in [-0.3, -0.25) is 0 Å². The van der Waals surface area contributed by atoms with Crippen LogP contribution in [0.15, 0.2) is 48.5 Å². The molecule has 23 heavy (non-hydrogen) atoms. The standard InChI is InChI=1S/C20H21FO2/c1-22-19-11-10-17-15(9-8-14-6-4-3-5-7-14)12-16(21)13-18(17)20(19)23-2/h3-11,15-16H,12-13H2,1-2H3/b9-8+/t15-,16-/m0/s1. The van der Waals surface area contributed by atoms with E-state index in [1.54, 1.807) is 14.2 Å². The molecule has 0 N–H and O–H groups in total. The lowest BCUT2D eigenvalue weighted by Gasteiger charge is -2.28. The topological polar surface area (TPSA) is 18.5 Å². The average Bonchev–Trinajstić information content (AvgIpc) is 2.59. The van der Waals surface area contributed by atoms with E-state index < -0.39 is 6.17 Å². The van der Waals surface area contributed by atoms with Crippen LogP contribution in [0.2, 0.25) is 0 Å². The van der Waals surface area contributed by atoms with E-state index in [9.17, 15) is 4.39 Å². The molecule has 2 aromatic carbocycles. The van der Waals surface area contributed by atoms with Crippen LogP contribution in [0.4, 0.5) is 4.39 Å². The molecule has 0 saturated carbocycles. The smallest absolute Gasteiger partial charge is 0.164 e. The van der Waals surface area contributed by atoms with Gasteiger partial charge in [0.2, 0.25) is 0 Å². The molecule has 0 fully saturated rings. The molecule has 0 saturated heterocycles. The van der Waals surface area contributed by atoms with Gasteiger partial charge in [0.1, 0.15) is 6.17 Å². The summed E-state index contributed by atoms with van der Waals surface area (Å²) < 4.78 is 25.1. The predicted octanol–water partition coefficient (Wildman–Crippen LogP) is 4.79. The van der Waals surface area contributed by atoms with Gasteiger partial charge in [-0.05, 0) is 23.6 Å². The van der Waals surface area contributed by atoms with Gasteiger partial charge in [-0.15, -0.1) is 0 Å². The molecule has 0 aromatic heterocycles. The summed E-state index contributed by atoms with van der Waals surface area (Å²) in [7, 11) is 3.21. The van der Waals surface area contributed by atoms with Crippen molar-refractivity contribution in [2.45, 2.75) is 24.9 Å². The van der Waals surface area contributed by atoms with Gasteiger partial charge in [0.05, 0.1) is 14.2 Å². The Balaban J connectivity index is 1.97. The zero-order valence-electron chi connectivity index (χ0n) is 13.5. The highest BCUT2D eigenvalue weighted by atomic mass is 19.1. The highest BCUT2D eigenvalue weighted by Gasteiger charge is 2.29. The van der Waals surface area contributed by atoms with Crippen molar-refractivity contribution in [3.8, 4) is 11.5 Å². The first kappa shape index (κ1) is 15.6. The van der Waals surface area contributed by atoms with E-state index >= 15 is 0 Å². The predicted molar refractivity (Wildman–Crippen MR) is 91.0 cm³/mol. The molecule has 3 rings (SSSR count). The molecule has 0 spiro atoms. The van der Waals surface area contributed by atoms with Gasteiger partial charge in [0, 0.05) is 17.9 Å². The number of hydrogen-bond donors (Lipinski definition) is 0. The van der Waals surface area contributed by atoms with Crippen molar-refractivity contribution in [3.63, 3.8) is 0 Å². The number of benzene rings is 2. The number of hydrogen-bond acceptors (Lipinski definition) is 2. The zero-order chi connectivity index (χ0) is 16.2. The molecule has 0 radical (unpaired) electrons.